The maximum absolute atomic E-state index is 6.04. The zero-order valence-electron chi connectivity index (χ0n) is 17.2. The van der Waals surface area contributed by atoms with Crippen molar-refractivity contribution in [2.75, 3.05) is 19.8 Å². The minimum Gasteiger partial charge on any atom is -0.478 e. The van der Waals surface area contributed by atoms with Gasteiger partial charge in [0.15, 0.2) is 5.41 Å². The van der Waals surface area contributed by atoms with Gasteiger partial charge in [0.2, 0.25) is 17.7 Å². The Hall–Kier alpha value is -1.59. The summed E-state index contributed by atoms with van der Waals surface area (Å²) >= 11 is 0. The lowest BCUT2D eigenvalue weighted by molar-refractivity contribution is 0.239. The standard InChI is InChI=1S/C20H33N3O3/c1-11(2)14-8-24-17(21-14)20(7,18-22-15(9-25-18)12(3)4)19-23-16(10-26-19)13(5)6/h11-16H,8-10H2,1-7H3/t14-,15-,16+/m1/s1. The van der Waals surface area contributed by atoms with Gasteiger partial charge in [-0.3, -0.25) is 0 Å². The molecule has 146 valence electrons. The van der Waals surface area contributed by atoms with Gasteiger partial charge in [0.1, 0.15) is 19.8 Å². The SMILES string of the molecule is CC(C)[C@@H]1COC(C(C)(C2=N[C@@H](C(C)C)CO2)C2=N[C@@H](C(C)C)CO2)=N1. The summed E-state index contributed by atoms with van der Waals surface area (Å²) in [5, 5.41) is 0. The number of rotatable bonds is 6. The molecule has 0 aromatic rings. The fourth-order valence-electron chi connectivity index (χ4n) is 3.29. The van der Waals surface area contributed by atoms with Crippen LogP contribution in [-0.2, 0) is 14.2 Å². The van der Waals surface area contributed by atoms with Gasteiger partial charge in [-0.15, -0.1) is 0 Å². The van der Waals surface area contributed by atoms with E-state index in [0.717, 1.165) is 0 Å². The van der Waals surface area contributed by atoms with E-state index < -0.39 is 5.41 Å². The molecule has 0 fully saturated rings. The molecular weight excluding hydrogens is 330 g/mol. The Balaban J connectivity index is 1.99. The van der Waals surface area contributed by atoms with E-state index >= 15 is 0 Å². The average molecular weight is 364 g/mol. The Morgan fingerprint density at radius 2 is 0.923 bits per heavy atom. The van der Waals surface area contributed by atoms with E-state index in [4.69, 9.17) is 29.2 Å². The molecule has 6 nitrogen and oxygen atoms in total. The first-order valence-electron chi connectivity index (χ1n) is 9.86. The second kappa shape index (κ2) is 7.20. The van der Waals surface area contributed by atoms with Crippen molar-refractivity contribution in [3.63, 3.8) is 0 Å². The fourth-order valence-corrected chi connectivity index (χ4v) is 3.29. The van der Waals surface area contributed by atoms with E-state index in [0.29, 0.717) is 55.3 Å². The van der Waals surface area contributed by atoms with Crippen molar-refractivity contribution in [2.45, 2.75) is 66.6 Å². The molecule has 0 unspecified atom stereocenters. The number of nitrogens with zero attached hydrogens (tertiary/aromatic N) is 3. The van der Waals surface area contributed by atoms with Crippen LogP contribution in [-0.4, -0.2) is 55.6 Å². The van der Waals surface area contributed by atoms with Crippen LogP contribution in [0.4, 0.5) is 0 Å². The third-order valence-electron chi connectivity index (χ3n) is 5.61. The van der Waals surface area contributed by atoms with Gasteiger partial charge >= 0.3 is 0 Å². The smallest absolute Gasteiger partial charge is 0.209 e. The lowest BCUT2D eigenvalue weighted by Gasteiger charge is -2.26. The third kappa shape index (κ3) is 3.35. The highest BCUT2D eigenvalue weighted by Gasteiger charge is 2.52. The predicted octanol–water partition coefficient (Wildman–Crippen LogP) is 3.35. The highest BCUT2D eigenvalue weighted by Crippen LogP contribution is 2.36. The van der Waals surface area contributed by atoms with Crippen LogP contribution >= 0.6 is 0 Å². The molecule has 0 radical (unpaired) electrons. The molecule has 0 spiro atoms. The summed E-state index contributed by atoms with van der Waals surface area (Å²) in [6, 6.07) is 0.445. The molecular formula is C20H33N3O3. The van der Waals surface area contributed by atoms with Crippen molar-refractivity contribution in [3.05, 3.63) is 0 Å². The summed E-state index contributed by atoms with van der Waals surface area (Å²) < 4.78 is 18.1. The molecule has 3 aliphatic heterocycles. The van der Waals surface area contributed by atoms with E-state index in [9.17, 15) is 0 Å². The Kier molecular flexibility index (Phi) is 5.31. The molecule has 0 amide bonds. The van der Waals surface area contributed by atoms with Gasteiger partial charge in [-0.1, -0.05) is 41.5 Å². The Morgan fingerprint density at radius 3 is 1.12 bits per heavy atom. The van der Waals surface area contributed by atoms with Crippen molar-refractivity contribution >= 4 is 17.7 Å². The van der Waals surface area contributed by atoms with Crippen LogP contribution in [0.3, 0.4) is 0 Å². The van der Waals surface area contributed by atoms with Crippen LogP contribution in [0.25, 0.3) is 0 Å². The Morgan fingerprint density at radius 1 is 0.654 bits per heavy atom. The molecule has 0 bridgehead atoms. The van der Waals surface area contributed by atoms with Crippen molar-refractivity contribution in [3.8, 4) is 0 Å². The largest absolute Gasteiger partial charge is 0.478 e. The molecule has 0 saturated heterocycles. The first-order chi connectivity index (χ1) is 12.2. The van der Waals surface area contributed by atoms with Crippen LogP contribution < -0.4 is 0 Å². The monoisotopic (exact) mass is 363 g/mol. The Bertz CT molecular complexity index is 538. The molecule has 0 N–H and O–H groups in total. The van der Waals surface area contributed by atoms with Gasteiger partial charge < -0.3 is 14.2 Å². The summed E-state index contributed by atoms with van der Waals surface area (Å²) in [4.78, 5) is 14.6. The van der Waals surface area contributed by atoms with E-state index in [2.05, 4.69) is 41.5 Å². The lowest BCUT2D eigenvalue weighted by atomic mass is 9.89. The number of ether oxygens (including phenoxy) is 3. The molecule has 3 aliphatic rings. The maximum Gasteiger partial charge on any atom is 0.209 e. The lowest BCUT2D eigenvalue weighted by Crippen LogP contribution is -2.44. The molecule has 3 atom stereocenters. The topological polar surface area (TPSA) is 64.8 Å². The summed E-state index contributed by atoms with van der Waals surface area (Å²) in [5.74, 6) is 3.14. The van der Waals surface area contributed by atoms with Crippen molar-refractivity contribution in [2.24, 2.45) is 38.1 Å². The normalized spacial score (nSPS) is 28.8. The van der Waals surface area contributed by atoms with Gasteiger partial charge in [-0.25, -0.2) is 15.0 Å². The van der Waals surface area contributed by atoms with E-state index in [1.807, 2.05) is 6.92 Å². The third-order valence-corrected chi connectivity index (χ3v) is 5.61. The van der Waals surface area contributed by atoms with Crippen molar-refractivity contribution in [1.82, 2.24) is 0 Å². The minimum atomic E-state index is -0.781. The summed E-state index contributed by atoms with van der Waals surface area (Å²) in [6.07, 6.45) is 0. The quantitative estimate of drug-likeness (QED) is 0.727. The van der Waals surface area contributed by atoms with Crippen LogP contribution in [0.5, 0.6) is 0 Å². The summed E-state index contributed by atoms with van der Waals surface area (Å²) in [7, 11) is 0. The van der Waals surface area contributed by atoms with E-state index in [1.54, 1.807) is 0 Å². The first kappa shape index (κ1) is 19.2. The fraction of sp³-hybridized carbons (Fsp3) is 0.850. The summed E-state index contributed by atoms with van der Waals surface area (Å²) in [6.45, 7) is 16.8. The minimum absolute atomic E-state index is 0.148. The molecule has 0 aromatic heterocycles. The van der Waals surface area contributed by atoms with E-state index in [1.165, 1.54) is 0 Å². The molecule has 3 rings (SSSR count). The maximum atomic E-state index is 6.04. The van der Waals surface area contributed by atoms with Crippen LogP contribution in [0, 0.1) is 23.2 Å². The molecule has 0 aliphatic carbocycles. The second-order valence-corrected chi connectivity index (χ2v) is 8.79. The Labute approximate surface area is 157 Å². The highest BCUT2D eigenvalue weighted by atomic mass is 16.5. The van der Waals surface area contributed by atoms with Crippen molar-refractivity contribution in [1.29, 1.82) is 0 Å². The van der Waals surface area contributed by atoms with Crippen LogP contribution in [0.15, 0.2) is 15.0 Å². The van der Waals surface area contributed by atoms with Gasteiger partial charge in [0.05, 0.1) is 18.1 Å². The zero-order chi connectivity index (χ0) is 19.1. The summed E-state index contributed by atoms with van der Waals surface area (Å²) in [5.41, 5.74) is -0.781. The molecule has 0 saturated carbocycles. The van der Waals surface area contributed by atoms with Crippen LogP contribution in [0.2, 0.25) is 0 Å². The average Bonchev–Trinajstić information content (AvgIpc) is 3.33. The van der Waals surface area contributed by atoms with Gasteiger partial charge in [0.25, 0.3) is 0 Å². The van der Waals surface area contributed by atoms with Gasteiger partial charge in [-0.05, 0) is 24.7 Å². The highest BCUT2D eigenvalue weighted by molar-refractivity contribution is 6.23. The number of hydrogen-bond acceptors (Lipinski definition) is 6. The van der Waals surface area contributed by atoms with E-state index in [-0.39, 0.29) is 18.1 Å². The molecule has 26 heavy (non-hydrogen) atoms. The first-order valence-corrected chi connectivity index (χ1v) is 9.86. The zero-order valence-corrected chi connectivity index (χ0v) is 17.2. The number of hydrogen-bond donors (Lipinski definition) is 0. The molecule has 0 aromatic carbocycles. The molecule has 6 heteroatoms. The van der Waals surface area contributed by atoms with Gasteiger partial charge in [-0.2, -0.15) is 0 Å². The van der Waals surface area contributed by atoms with Gasteiger partial charge in [0, 0.05) is 0 Å². The molecule has 3 heterocycles. The predicted molar refractivity (Wildman–Crippen MR) is 104 cm³/mol. The second-order valence-electron chi connectivity index (χ2n) is 8.79. The number of aliphatic imine (C=N–C) groups is 3. The van der Waals surface area contributed by atoms with Crippen molar-refractivity contribution < 1.29 is 14.2 Å². The van der Waals surface area contributed by atoms with Crippen LogP contribution in [0.1, 0.15) is 48.5 Å².